The topological polar surface area (TPSA) is 144 Å². The highest BCUT2D eigenvalue weighted by Crippen LogP contribution is 2.30. The highest BCUT2D eigenvalue weighted by Gasteiger charge is 2.46. The van der Waals surface area contributed by atoms with E-state index in [0.717, 1.165) is 0 Å². The molecule has 0 bridgehead atoms. The molecule has 1 fully saturated rings. The van der Waals surface area contributed by atoms with E-state index in [1.165, 1.54) is 0 Å². The third-order valence-corrected chi connectivity index (χ3v) is 4.55. The standard InChI is InChI=1S/C17H35NO8.2C2H6/c1-5-11(9(2)3)24-17(15(21)22)26-14-12(8-19)25-16(23-7-6-18)10(4)13(14)20;2*1-2/h9-17,19-22H,5-8,18H2,1-4H3;2*1-2H3. The van der Waals surface area contributed by atoms with Gasteiger partial charge in [0, 0.05) is 12.5 Å². The highest BCUT2D eigenvalue weighted by molar-refractivity contribution is 4.89. The summed E-state index contributed by atoms with van der Waals surface area (Å²) in [6.07, 6.45) is -6.62. The van der Waals surface area contributed by atoms with Crippen molar-refractivity contribution in [2.75, 3.05) is 19.8 Å². The van der Waals surface area contributed by atoms with Gasteiger partial charge in [0.15, 0.2) is 6.29 Å². The predicted molar refractivity (Wildman–Crippen MR) is 116 cm³/mol. The van der Waals surface area contributed by atoms with Crippen molar-refractivity contribution in [2.45, 2.75) is 105 Å². The van der Waals surface area contributed by atoms with Gasteiger partial charge in [-0.15, -0.1) is 0 Å². The molecule has 7 atom stereocenters. The molecule has 1 saturated heterocycles. The second-order valence-electron chi connectivity index (χ2n) is 6.94. The Morgan fingerprint density at radius 1 is 1.10 bits per heavy atom. The molecular formula is C21H47NO8. The van der Waals surface area contributed by atoms with Gasteiger partial charge in [-0.05, 0) is 12.3 Å². The largest absolute Gasteiger partial charge is 0.394 e. The predicted octanol–water partition coefficient (Wildman–Crippen LogP) is 1.20. The molecule has 9 heteroatoms. The summed E-state index contributed by atoms with van der Waals surface area (Å²) < 4.78 is 22.4. The summed E-state index contributed by atoms with van der Waals surface area (Å²) in [5, 5.41) is 39.5. The number of rotatable bonds is 11. The number of nitrogens with two attached hydrogens (primary N) is 1. The molecule has 1 aliphatic heterocycles. The molecule has 0 aromatic carbocycles. The van der Waals surface area contributed by atoms with Crippen molar-refractivity contribution < 1.29 is 39.4 Å². The van der Waals surface area contributed by atoms with E-state index < -0.39 is 49.7 Å². The average molecular weight is 442 g/mol. The molecule has 7 unspecified atom stereocenters. The summed E-state index contributed by atoms with van der Waals surface area (Å²) in [5.41, 5.74) is 5.41. The van der Waals surface area contributed by atoms with Crippen molar-refractivity contribution in [3.05, 3.63) is 0 Å². The van der Waals surface area contributed by atoms with Crippen LogP contribution < -0.4 is 5.73 Å². The van der Waals surface area contributed by atoms with Crippen molar-refractivity contribution in [3.8, 4) is 0 Å². The maximum atomic E-state index is 10.6. The van der Waals surface area contributed by atoms with E-state index in [1.54, 1.807) is 6.92 Å². The van der Waals surface area contributed by atoms with Gasteiger partial charge in [-0.25, -0.2) is 0 Å². The van der Waals surface area contributed by atoms with Gasteiger partial charge in [-0.3, -0.25) is 0 Å². The fourth-order valence-electron chi connectivity index (χ4n) is 2.97. The van der Waals surface area contributed by atoms with E-state index in [4.69, 9.17) is 24.7 Å². The number of ether oxygens (including phenoxy) is 4. The first-order chi connectivity index (χ1) is 14.3. The smallest absolute Gasteiger partial charge is 0.209 e. The molecule has 9 nitrogen and oxygen atoms in total. The van der Waals surface area contributed by atoms with Crippen LogP contribution in [0.3, 0.4) is 0 Å². The summed E-state index contributed by atoms with van der Waals surface area (Å²) in [6.45, 7) is 15.6. The van der Waals surface area contributed by atoms with Crippen molar-refractivity contribution in [1.29, 1.82) is 0 Å². The Balaban J connectivity index is 0. The Bertz CT molecular complexity index is 384. The molecule has 0 aromatic rings. The molecular weight excluding hydrogens is 394 g/mol. The molecule has 1 heterocycles. The summed E-state index contributed by atoms with van der Waals surface area (Å²) in [4.78, 5) is 0. The number of hydrogen-bond acceptors (Lipinski definition) is 9. The van der Waals surface area contributed by atoms with E-state index in [0.29, 0.717) is 13.0 Å². The van der Waals surface area contributed by atoms with E-state index >= 15 is 0 Å². The lowest BCUT2D eigenvalue weighted by Gasteiger charge is -2.44. The van der Waals surface area contributed by atoms with Crippen molar-refractivity contribution >= 4 is 0 Å². The molecule has 184 valence electrons. The fraction of sp³-hybridized carbons (Fsp3) is 1.00. The third kappa shape index (κ3) is 10.3. The van der Waals surface area contributed by atoms with Crippen LogP contribution in [0.2, 0.25) is 0 Å². The first-order valence-corrected chi connectivity index (χ1v) is 11.2. The molecule has 0 radical (unpaired) electrons. The van der Waals surface area contributed by atoms with Crippen molar-refractivity contribution in [3.63, 3.8) is 0 Å². The van der Waals surface area contributed by atoms with Crippen LogP contribution in [0.4, 0.5) is 0 Å². The van der Waals surface area contributed by atoms with Gasteiger partial charge >= 0.3 is 0 Å². The van der Waals surface area contributed by atoms with Gasteiger partial charge in [-0.2, -0.15) is 0 Å². The molecule has 0 aliphatic carbocycles. The van der Waals surface area contributed by atoms with E-state index in [9.17, 15) is 20.4 Å². The highest BCUT2D eigenvalue weighted by atomic mass is 16.7. The van der Waals surface area contributed by atoms with E-state index in [-0.39, 0.29) is 18.6 Å². The normalized spacial score (nSPS) is 28.3. The van der Waals surface area contributed by atoms with Crippen LogP contribution >= 0.6 is 0 Å². The molecule has 0 saturated carbocycles. The summed E-state index contributed by atoms with van der Waals surface area (Å²) in [6, 6.07) is 0. The van der Waals surface area contributed by atoms with Crippen LogP contribution in [0.25, 0.3) is 0 Å². The number of aliphatic hydroxyl groups excluding tert-OH is 3. The monoisotopic (exact) mass is 441 g/mol. The average Bonchev–Trinajstić information content (AvgIpc) is 2.75. The molecule has 0 aromatic heterocycles. The number of aliphatic hydroxyl groups is 4. The summed E-state index contributed by atoms with van der Waals surface area (Å²) in [5.74, 6) is -0.336. The Kier molecular flexibility index (Phi) is 19.3. The van der Waals surface area contributed by atoms with Crippen molar-refractivity contribution in [1.82, 2.24) is 0 Å². The van der Waals surface area contributed by atoms with Crippen LogP contribution in [0.5, 0.6) is 0 Å². The quantitative estimate of drug-likeness (QED) is 0.299. The van der Waals surface area contributed by atoms with Gasteiger partial charge in [0.2, 0.25) is 12.6 Å². The molecule has 0 amide bonds. The van der Waals surface area contributed by atoms with Gasteiger partial charge in [0.25, 0.3) is 0 Å². The second-order valence-corrected chi connectivity index (χ2v) is 6.94. The zero-order chi connectivity index (χ0) is 23.9. The lowest BCUT2D eigenvalue weighted by atomic mass is 9.92. The van der Waals surface area contributed by atoms with Gasteiger partial charge < -0.3 is 45.1 Å². The third-order valence-electron chi connectivity index (χ3n) is 4.55. The van der Waals surface area contributed by atoms with Gasteiger partial charge in [-0.1, -0.05) is 55.4 Å². The van der Waals surface area contributed by atoms with Gasteiger partial charge in [0.05, 0.1) is 25.4 Å². The van der Waals surface area contributed by atoms with Crippen LogP contribution in [0.1, 0.15) is 61.8 Å². The molecule has 30 heavy (non-hydrogen) atoms. The summed E-state index contributed by atoms with van der Waals surface area (Å²) in [7, 11) is 0. The Hall–Kier alpha value is -0.360. The minimum Gasteiger partial charge on any atom is -0.394 e. The van der Waals surface area contributed by atoms with Crippen molar-refractivity contribution in [2.24, 2.45) is 17.6 Å². The SMILES string of the molecule is CC.CC.CCC(OC(OC1C(CO)OC(OCCN)C(C)C1O)C(O)O)C(C)C. The Morgan fingerprint density at radius 3 is 2.07 bits per heavy atom. The Morgan fingerprint density at radius 2 is 1.67 bits per heavy atom. The van der Waals surface area contributed by atoms with Crippen LogP contribution in [-0.2, 0) is 18.9 Å². The second kappa shape index (κ2) is 18.2. The first-order valence-electron chi connectivity index (χ1n) is 11.2. The fourth-order valence-corrected chi connectivity index (χ4v) is 2.97. The van der Waals surface area contributed by atoms with E-state index in [1.807, 2.05) is 48.5 Å². The minimum atomic E-state index is -1.91. The maximum Gasteiger partial charge on any atom is 0.209 e. The lowest BCUT2D eigenvalue weighted by Crippen LogP contribution is -2.58. The van der Waals surface area contributed by atoms with E-state index in [2.05, 4.69) is 0 Å². The molecule has 6 N–H and O–H groups in total. The molecule has 1 rings (SSSR count). The first kappa shape index (κ1) is 31.8. The zero-order valence-electron chi connectivity index (χ0n) is 20.0. The van der Waals surface area contributed by atoms with Crippen LogP contribution in [-0.4, -0.2) is 83.5 Å². The number of hydrogen-bond donors (Lipinski definition) is 5. The minimum absolute atomic E-state index is 0.138. The summed E-state index contributed by atoms with van der Waals surface area (Å²) >= 11 is 0. The van der Waals surface area contributed by atoms with Gasteiger partial charge in [0.1, 0.15) is 12.2 Å². The Labute approximate surface area is 182 Å². The maximum absolute atomic E-state index is 10.6. The molecule has 1 aliphatic rings. The van der Waals surface area contributed by atoms with Crippen LogP contribution in [0, 0.1) is 11.8 Å². The molecule has 0 spiro atoms. The lowest BCUT2D eigenvalue weighted by molar-refractivity contribution is -0.344. The van der Waals surface area contributed by atoms with Crippen LogP contribution in [0.15, 0.2) is 0 Å². The zero-order valence-corrected chi connectivity index (χ0v) is 20.0.